The molecule has 0 aliphatic carbocycles. The molecule has 2 N–H and O–H groups in total. The summed E-state index contributed by atoms with van der Waals surface area (Å²) in [7, 11) is 0. The summed E-state index contributed by atoms with van der Waals surface area (Å²) in [5.74, 6) is 0.411. The Morgan fingerprint density at radius 1 is 1.33 bits per heavy atom. The van der Waals surface area contributed by atoms with Crippen molar-refractivity contribution in [3.8, 4) is 0 Å². The summed E-state index contributed by atoms with van der Waals surface area (Å²) in [4.78, 5) is 0. The molecule has 2 atom stereocenters. The fraction of sp³-hybridized carbons (Fsp3) is 0.500. The van der Waals surface area contributed by atoms with Gasteiger partial charge in [-0.15, -0.1) is 0 Å². The number of piperidine rings is 1. The summed E-state index contributed by atoms with van der Waals surface area (Å²) < 4.78 is 12.8. The largest absolute Gasteiger partial charge is 0.396 e. The van der Waals surface area contributed by atoms with Crippen LogP contribution in [0.1, 0.15) is 17.9 Å². The molecule has 1 aromatic carbocycles. The fourth-order valence-corrected chi connectivity index (χ4v) is 2.26. The van der Waals surface area contributed by atoms with Crippen LogP contribution in [-0.4, -0.2) is 24.8 Å². The number of hydrogen-bond donors (Lipinski definition) is 2. The average Bonchev–Trinajstić information content (AvgIpc) is 2.30. The third-order valence-corrected chi connectivity index (χ3v) is 3.14. The lowest BCUT2D eigenvalue weighted by Crippen LogP contribution is -2.37. The number of nitrogens with one attached hydrogen (secondary N) is 1. The zero-order chi connectivity index (χ0) is 10.7. The number of aliphatic hydroxyl groups excluding tert-OH is 1. The molecular formula is C12H16FNO. The van der Waals surface area contributed by atoms with Crippen molar-refractivity contribution in [2.45, 2.75) is 12.3 Å². The number of rotatable bonds is 2. The highest BCUT2D eigenvalue weighted by Crippen LogP contribution is 2.29. The number of hydrogen-bond acceptors (Lipinski definition) is 2. The van der Waals surface area contributed by atoms with Crippen molar-refractivity contribution in [2.75, 3.05) is 19.7 Å². The molecule has 1 unspecified atom stereocenters. The second kappa shape index (κ2) is 4.73. The van der Waals surface area contributed by atoms with E-state index >= 15 is 0 Å². The van der Waals surface area contributed by atoms with Crippen LogP contribution < -0.4 is 5.32 Å². The van der Waals surface area contributed by atoms with Gasteiger partial charge in [0.2, 0.25) is 0 Å². The van der Waals surface area contributed by atoms with E-state index in [1.165, 1.54) is 12.1 Å². The van der Waals surface area contributed by atoms with Crippen LogP contribution in [0.25, 0.3) is 0 Å². The minimum atomic E-state index is -0.201. The maximum Gasteiger partial charge on any atom is 0.123 e. The predicted octanol–water partition coefficient (Wildman–Crippen LogP) is 1.51. The van der Waals surface area contributed by atoms with Gasteiger partial charge in [0.25, 0.3) is 0 Å². The standard InChI is InChI=1S/C12H16FNO/c13-11-3-1-9(2-4-11)12-5-6-14-7-10(12)8-15/h1-4,10,12,14-15H,5-8H2/t10-,12?/m1/s1. The molecule has 0 aromatic heterocycles. The van der Waals surface area contributed by atoms with Gasteiger partial charge in [-0.05, 0) is 36.6 Å². The van der Waals surface area contributed by atoms with Crippen LogP contribution in [0.5, 0.6) is 0 Å². The highest BCUT2D eigenvalue weighted by Gasteiger charge is 2.25. The van der Waals surface area contributed by atoms with Crippen LogP contribution in [0.3, 0.4) is 0 Å². The smallest absolute Gasteiger partial charge is 0.123 e. The first-order valence-corrected chi connectivity index (χ1v) is 5.38. The van der Waals surface area contributed by atoms with Crippen molar-refractivity contribution < 1.29 is 9.50 Å². The summed E-state index contributed by atoms with van der Waals surface area (Å²) in [6, 6.07) is 6.64. The van der Waals surface area contributed by atoms with Gasteiger partial charge in [-0.25, -0.2) is 4.39 Å². The summed E-state index contributed by atoms with van der Waals surface area (Å²) in [6.45, 7) is 2.01. The minimum absolute atomic E-state index is 0.190. The van der Waals surface area contributed by atoms with E-state index in [0.29, 0.717) is 5.92 Å². The summed E-state index contributed by atoms with van der Waals surface area (Å²) in [5.41, 5.74) is 1.14. The Hall–Kier alpha value is -0.930. The molecule has 2 rings (SSSR count). The van der Waals surface area contributed by atoms with E-state index in [1.807, 2.05) is 12.1 Å². The van der Waals surface area contributed by atoms with E-state index in [0.717, 1.165) is 25.1 Å². The molecule has 0 radical (unpaired) electrons. The van der Waals surface area contributed by atoms with Gasteiger partial charge in [-0.3, -0.25) is 0 Å². The lowest BCUT2D eigenvalue weighted by Gasteiger charge is -2.31. The monoisotopic (exact) mass is 209 g/mol. The van der Waals surface area contributed by atoms with Crippen molar-refractivity contribution in [2.24, 2.45) is 5.92 Å². The van der Waals surface area contributed by atoms with Crippen molar-refractivity contribution >= 4 is 0 Å². The summed E-state index contributed by atoms with van der Waals surface area (Å²) >= 11 is 0. The van der Waals surface area contributed by atoms with Gasteiger partial charge in [0.1, 0.15) is 5.82 Å². The lowest BCUT2D eigenvalue weighted by atomic mass is 9.82. The molecule has 0 amide bonds. The second-order valence-electron chi connectivity index (χ2n) is 4.09. The van der Waals surface area contributed by atoms with Gasteiger partial charge in [-0.2, -0.15) is 0 Å². The van der Waals surface area contributed by atoms with E-state index in [9.17, 15) is 9.50 Å². The highest BCUT2D eigenvalue weighted by atomic mass is 19.1. The summed E-state index contributed by atoms with van der Waals surface area (Å²) in [6.07, 6.45) is 1.01. The molecule has 3 heteroatoms. The molecule has 2 nitrogen and oxygen atoms in total. The van der Waals surface area contributed by atoms with Gasteiger partial charge in [-0.1, -0.05) is 12.1 Å². The van der Waals surface area contributed by atoms with Gasteiger partial charge in [0, 0.05) is 19.1 Å². The molecule has 1 heterocycles. The first kappa shape index (κ1) is 10.6. The van der Waals surface area contributed by atoms with E-state index < -0.39 is 0 Å². The van der Waals surface area contributed by atoms with E-state index in [2.05, 4.69) is 5.32 Å². The van der Waals surface area contributed by atoms with Crippen LogP contribution in [0.4, 0.5) is 4.39 Å². The molecule has 1 aliphatic heterocycles. The van der Waals surface area contributed by atoms with Crippen LogP contribution in [0.2, 0.25) is 0 Å². The van der Waals surface area contributed by atoms with Crippen LogP contribution in [0.15, 0.2) is 24.3 Å². The summed E-state index contributed by atoms with van der Waals surface area (Å²) in [5, 5.41) is 12.5. The second-order valence-corrected chi connectivity index (χ2v) is 4.09. The fourth-order valence-electron chi connectivity index (χ4n) is 2.26. The minimum Gasteiger partial charge on any atom is -0.396 e. The van der Waals surface area contributed by atoms with Gasteiger partial charge >= 0.3 is 0 Å². The molecule has 82 valence electrons. The first-order chi connectivity index (χ1) is 7.31. The van der Waals surface area contributed by atoms with E-state index in [-0.39, 0.29) is 18.3 Å². The molecule has 1 aromatic rings. The number of aliphatic hydroxyl groups is 1. The van der Waals surface area contributed by atoms with Crippen molar-refractivity contribution in [1.29, 1.82) is 0 Å². The Morgan fingerprint density at radius 2 is 2.07 bits per heavy atom. The Kier molecular flexibility index (Phi) is 3.34. The van der Waals surface area contributed by atoms with Gasteiger partial charge < -0.3 is 10.4 Å². The quantitative estimate of drug-likeness (QED) is 0.774. The van der Waals surface area contributed by atoms with Crippen molar-refractivity contribution in [1.82, 2.24) is 5.32 Å². The first-order valence-electron chi connectivity index (χ1n) is 5.38. The predicted molar refractivity (Wildman–Crippen MR) is 57.2 cm³/mol. The molecule has 1 aliphatic rings. The normalized spacial score (nSPS) is 26.5. The molecule has 1 fully saturated rings. The zero-order valence-electron chi connectivity index (χ0n) is 8.62. The molecule has 0 spiro atoms. The zero-order valence-corrected chi connectivity index (χ0v) is 8.62. The Balaban J connectivity index is 2.16. The van der Waals surface area contributed by atoms with Crippen LogP contribution in [-0.2, 0) is 0 Å². The Bertz CT molecular complexity index is 312. The van der Waals surface area contributed by atoms with Crippen molar-refractivity contribution in [3.63, 3.8) is 0 Å². The SMILES string of the molecule is OC[C@H]1CNCCC1c1ccc(F)cc1. The van der Waals surface area contributed by atoms with Gasteiger partial charge in [0.05, 0.1) is 0 Å². The average molecular weight is 209 g/mol. The topological polar surface area (TPSA) is 32.3 Å². The Labute approximate surface area is 89.1 Å². The highest BCUT2D eigenvalue weighted by molar-refractivity contribution is 5.22. The molecule has 15 heavy (non-hydrogen) atoms. The Morgan fingerprint density at radius 3 is 2.73 bits per heavy atom. The maximum atomic E-state index is 12.8. The third kappa shape index (κ3) is 2.36. The third-order valence-electron chi connectivity index (χ3n) is 3.14. The van der Waals surface area contributed by atoms with Gasteiger partial charge in [0.15, 0.2) is 0 Å². The number of benzene rings is 1. The maximum absolute atomic E-state index is 12.8. The molecule has 0 bridgehead atoms. The number of halogens is 1. The van der Waals surface area contributed by atoms with E-state index in [1.54, 1.807) is 0 Å². The molecule has 0 saturated carbocycles. The lowest BCUT2D eigenvalue weighted by molar-refractivity contribution is 0.179. The van der Waals surface area contributed by atoms with Crippen LogP contribution in [0, 0.1) is 11.7 Å². The molecular weight excluding hydrogens is 193 g/mol. The van der Waals surface area contributed by atoms with Crippen LogP contribution >= 0.6 is 0 Å². The molecule has 1 saturated heterocycles. The van der Waals surface area contributed by atoms with E-state index in [4.69, 9.17) is 0 Å². The van der Waals surface area contributed by atoms with Crippen molar-refractivity contribution in [3.05, 3.63) is 35.6 Å².